The Bertz CT molecular complexity index is 552. The summed E-state index contributed by atoms with van der Waals surface area (Å²) < 4.78 is 23.3. The van der Waals surface area contributed by atoms with Crippen LogP contribution in [0.2, 0.25) is 0 Å². The first-order valence-electron chi connectivity index (χ1n) is 6.78. The second-order valence-corrected chi connectivity index (χ2v) is 9.49. The van der Waals surface area contributed by atoms with Crippen LogP contribution in [-0.4, -0.2) is 47.9 Å². The van der Waals surface area contributed by atoms with Gasteiger partial charge in [0.2, 0.25) is 5.91 Å². The van der Waals surface area contributed by atoms with Gasteiger partial charge in [-0.3, -0.25) is 4.79 Å². The Morgan fingerprint density at radius 3 is 2.45 bits per heavy atom. The van der Waals surface area contributed by atoms with Crippen LogP contribution in [0.1, 0.15) is 33.6 Å². The Kier molecular flexibility index (Phi) is 3.59. The lowest BCUT2D eigenvalue weighted by atomic mass is 9.83. The van der Waals surface area contributed by atoms with Gasteiger partial charge in [-0.15, -0.1) is 0 Å². The van der Waals surface area contributed by atoms with Crippen LogP contribution in [0.15, 0.2) is 0 Å². The van der Waals surface area contributed by atoms with Crippen molar-refractivity contribution in [2.45, 2.75) is 56.5 Å². The van der Waals surface area contributed by atoms with E-state index in [2.05, 4.69) is 6.07 Å². The second kappa shape index (κ2) is 4.71. The largest absolute Gasteiger partial charge is 0.322 e. The number of rotatable bonds is 3. The highest BCUT2D eigenvalue weighted by atomic mass is 32.2. The normalized spacial score (nSPS) is 30.6. The van der Waals surface area contributed by atoms with Crippen molar-refractivity contribution in [3.63, 3.8) is 0 Å². The predicted molar refractivity (Wildman–Crippen MR) is 74.3 cm³/mol. The fraction of sp³-hybridized carbons (Fsp3) is 0.846. The van der Waals surface area contributed by atoms with E-state index >= 15 is 0 Å². The predicted octanol–water partition coefficient (Wildman–Crippen LogP) is 0.0400. The molecule has 3 fully saturated rings. The Hall–Kier alpha value is -1.13. The summed E-state index contributed by atoms with van der Waals surface area (Å²) in [5.41, 5.74) is 5.80. The molecule has 2 bridgehead atoms. The Labute approximate surface area is 119 Å². The summed E-state index contributed by atoms with van der Waals surface area (Å²) in [5.74, 6) is -0.545. The van der Waals surface area contributed by atoms with Crippen molar-refractivity contribution in [1.29, 1.82) is 5.26 Å². The van der Waals surface area contributed by atoms with Gasteiger partial charge in [-0.2, -0.15) is 5.26 Å². The molecule has 2 N–H and O–H groups in total. The third-order valence-corrected chi connectivity index (χ3v) is 6.99. The van der Waals surface area contributed by atoms with E-state index in [-0.39, 0.29) is 17.7 Å². The van der Waals surface area contributed by atoms with E-state index in [1.807, 2.05) is 0 Å². The highest BCUT2D eigenvalue weighted by Crippen LogP contribution is 2.45. The van der Waals surface area contributed by atoms with Gasteiger partial charge in [-0.25, -0.2) is 8.42 Å². The van der Waals surface area contributed by atoms with Gasteiger partial charge < -0.3 is 10.6 Å². The molecule has 0 aromatic carbocycles. The molecular formula is C13H21N3O3S. The maximum atomic E-state index is 12.3. The van der Waals surface area contributed by atoms with Crippen LogP contribution in [-0.2, 0) is 14.6 Å². The SMILES string of the molecule is CC(C)(C)S(=O)(=O)C[C@H](N)C(=O)N1C2CC(C2)[C@H]1C#N. The molecule has 1 aliphatic carbocycles. The minimum absolute atomic E-state index is 0.0699. The molecule has 2 atom stereocenters. The quantitative estimate of drug-likeness (QED) is 0.792. The van der Waals surface area contributed by atoms with E-state index < -0.39 is 32.6 Å². The van der Waals surface area contributed by atoms with Crippen LogP contribution in [0.3, 0.4) is 0 Å². The van der Waals surface area contributed by atoms with E-state index in [0.29, 0.717) is 0 Å². The number of hydrogen-bond donors (Lipinski definition) is 1. The first-order chi connectivity index (χ1) is 9.08. The van der Waals surface area contributed by atoms with E-state index in [1.165, 1.54) is 4.90 Å². The molecule has 7 heteroatoms. The summed E-state index contributed by atoms with van der Waals surface area (Å²) >= 11 is 0. The Balaban J connectivity index is 2.09. The average molecular weight is 299 g/mol. The van der Waals surface area contributed by atoms with Gasteiger partial charge in [0, 0.05) is 6.04 Å². The molecule has 112 valence electrons. The molecule has 1 saturated carbocycles. The van der Waals surface area contributed by atoms with Crippen molar-refractivity contribution in [1.82, 2.24) is 4.90 Å². The number of sulfone groups is 1. The van der Waals surface area contributed by atoms with Gasteiger partial charge in [0.05, 0.1) is 22.6 Å². The van der Waals surface area contributed by atoms with Crippen molar-refractivity contribution < 1.29 is 13.2 Å². The number of nitriles is 1. The van der Waals surface area contributed by atoms with Crippen LogP contribution in [0, 0.1) is 17.2 Å². The van der Waals surface area contributed by atoms with Crippen LogP contribution in [0.4, 0.5) is 0 Å². The molecule has 1 amide bonds. The van der Waals surface area contributed by atoms with E-state index in [0.717, 1.165) is 12.8 Å². The highest BCUT2D eigenvalue weighted by Gasteiger charge is 2.54. The lowest BCUT2D eigenvalue weighted by Crippen LogP contribution is -2.51. The van der Waals surface area contributed by atoms with Gasteiger partial charge in [0.25, 0.3) is 0 Å². The maximum absolute atomic E-state index is 12.3. The number of carbonyl (C=O) groups excluding carboxylic acids is 1. The number of amides is 1. The second-order valence-electron chi connectivity index (χ2n) is 6.71. The molecule has 2 heterocycles. The number of nitrogens with zero attached hydrogens (tertiary/aromatic N) is 2. The zero-order valence-corrected chi connectivity index (χ0v) is 12.9. The van der Waals surface area contributed by atoms with Gasteiger partial charge in [0.15, 0.2) is 9.84 Å². The molecular weight excluding hydrogens is 278 g/mol. The first-order valence-corrected chi connectivity index (χ1v) is 8.43. The summed E-state index contributed by atoms with van der Waals surface area (Å²) in [7, 11) is -3.46. The minimum Gasteiger partial charge on any atom is -0.322 e. The number of carbonyl (C=O) groups is 1. The van der Waals surface area contributed by atoms with Crippen molar-refractivity contribution in [2.24, 2.45) is 11.7 Å². The monoisotopic (exact) mass is 299 g/mol. The Morgan fingerprint density at radius 1 is 1.45 bits per heavy atom. The molecule has 2 saturated heterocycles. The maximum Gasteiger partial charge on any atom is 0.241 e. The number of fused-ring (bicyclic) bond motifs is 1. The molecule has 3 rings (SSSR count). The van der Waals surface area contributed by atoms with Crippen LogP contribution in [0.5, 0.6) is 0 Å². The number of hydrogen-bond acceptors (Lipinski definition) is 5. The Morgan fingerprint density at radius 2 is 2.00 bits per heavy atom. The molecule has 2 aliphatic heterocycles. The third kappa shape index (κ3) is 2.31. The van der Waals surface area contributed by atoms with Crippen LogP contribution in [0.25, 0.3) is 0 Å². The lowest BCUT2D eigenvalue weighted by molar-refractivity contribution is -0.133. The van der Waals surface area contributed by atoms with E-state index in [4.69, 9.17) is 11.0 Å². The first kappa shape index (κ1) is 15.3. The lowest BCUT2D eigenvalue weighted by Gasteiger charge is -2.28. The smallest absolute Gasteiger partial charge is 0.241 e. The molecule has 20 heavy (non-hydrogen) atoms. The van der Waals surface area contributed by atoms with Gasteiger partial charge >= 0.3 is 0 Å². The zero-order chi connectivity index (χ0) is 15.3. The zero-order valence-electron chi connectivity index (χ0n) is 12.0. The summed E-state index contributed by atoms with van der Waals surface area (Å²) in [6.07, 6.45) is 1.67. The van der Waals surface area contributed by atoms with Gasteiger partial charge in [-0.1, -0.05) is 0 Å². The summed E-state index contributed by atoms with van der Waals surface area (Å²) in [5, 5.41) is 9.12. The van der Waals surface area contributed by atoms with Crippen molar-refractivity contribution in [3.05, 3.63) is 0 Å². The molecule has 6 nitrogen and oxygen atoms in total. The third-order valence-electron chi connectivity index (χ3n) is 4.33. The van der Waals surface area contributed by atoms with Crippen molar-refractivity contribution in [3.8, 4) is 6.07 Å². The highest BCUT2D eigenvalue weighted by molar-refractivity contribution is 7.92. The van der Waals surface area contributed by atoms with Gasteiger partial charge in [-0.05, 0) is 39.5 Å². The van der Waals surface area contributed by atoms with E-state index in [1.54, 1.807) is 20.8 Å². The molecule has 0 radical (unpaired) electrons. The molecule has 0 aromatic rings. The number of nitrogens with two attached hydrogens (primary N) is 1. The summed E-state index contributed by atoms with van der Waals surface area (Å²) in [6.45, 7) is 4.76. The minimum atomic E-state index is -3.46. The van der Waals surface area contributed by atoms with Crippen molar-refractivity contribution in [2.75, 3.05) is 5.75 Å². The van der Waals surface area contributed by atoms with Gasteiger partial charge in [0.1, 0.15) is 6.04 Å². The fourth-order valence-electron chi connectivity index (χ4n) is 2.80. The average Bonchev–Trinajstić information content (AvgIpc) is 2.78. The summed E-state index contributed by atoms with van der Waals surface area (Å²) in [6, 6.07) is 0.681. The molecule has 0 aromatic heterocycles. The standard InChI is InChI=1S/C13H21N3O3S/c1-13(2,3)20(18,19)7-10(15)12(17)16-9-4-8(5-9)11(16)6-14/h8-11H,4-5,7,15H2,1-3H3/t8?,9?,10-,11+/m0/s1. The fourth-order valence-corrected chi connectivity index (χ4v) is 3.92. The van der Waals surface area contributed by atoms with E-state index in [9.17, 15) is 13.2 Å². The molecule has 0 spiro atoms. The van der Waals surface area contributed by atoms with Crippen LogP contribution >= 0.6 is 0 Å². The summed E-state index contributed by atoms with van der Waals surface area (Å²) in [4.78, 5) is 13.8. The molecule has 0 unspecified atom stereocenters. The van der Waals surface area contributed by atoms with Crippen LogP contribution < -0.4 is 5.73 Å². The topological polar surface area (TPSA) is 104 Å². The van der Waals surface area contributed by atoms with Crippen molar-refractivity contribution >= 4 is 15.7 Å². The molecule has 3 aliphatic rings.